The molecule has 0 spiro atoms. The van der Waals surface area contributed by atoms with Crippen molar-refractivity contribution in [3.05, 3.63) is 178 Å². The van der Waals surface area contributed by atoms with Gasteiger partial charge in [0.2, 0.25) is 23.6 Å². The maximum atomic E-state index is 13.5. The first kappa shape index (κ1) is 59.5. The van der Waals surface area contributed by atoms with Crippen molar-refractivity contribution in [3.8, 4) is 5.75 Å². The number of carbonyl (C=O) groups is 5. The normalized spacial score (nSPS) is 23.3. The topological polar surface area (TPSA) is 225 Å². The second-order valence-electron chi connectivity index (χ2n) is 24.9. The van der Waals surface area contributed by atoms with Gasteiger partial charge in [0.05, 0.1) is 29.7 Å². The molecule has 12 rings (SSSR count). The molecular formula is C66H75BrN12O8. The van der Waals surface area contributed by atoms with Crippen molar-refractivity contribution >= 4 is 56.8 Å². The molecule has 454 valence electrons. The number of likely N-dealkylation sites (tertiary alicyclic amines) is 3. The molecule has 5 fully saturated rings. The number of nitrogens with one attached hydrogen (secondary N) is 4. The lowest BCUT2D eigenvalue weighted by Crippen LogP contribution is -2.52. The fraction of sp³-hybridized carbons (Fsp3) is 0.439. The number of rotatable bonds is 16. The van der Waals surface area contributed by atoms with E-state index in [1.807, 2.05) is 37.3 Å². The fourth-order valence-corrected chi connectivity index (χ4v) is 14.5. The van der Waals surface area contributed by atoms with E-state index in [-0.39, 0.29) is 71.0 Å². The highest BCUT2D eigenvalue weighted by atomic mass is 79.9. The van der Waals surface area contributed by atoms with Gasteiger partial charge >= 0.3 is 0 Å². The number of hydrogen-bond donors (Lipinski definition) is 4. The zero-order valence-electron chi connectivity index (χ0n) is 49.7. The molecule has 5 amide bonds. The molecule has 4 N–H and O–H groups in total. The summed E-state index contributed by atoms with van der Waals surface area (Å²) in [6.45, 7) is 9.10. The van der Waals surface area contributed by atoms with Crippen LogP contribution < -0.4 is 37.1 Å². The lowest BCUT2D eigenvalue weighted by Gasteiger charge is -2.40. The Labute approximate surface area is 514 Å². The number of amides is 5. The van der Waals surface area contributed by atoms with Crippen molar-refractivity contribution in [2.24, 2.45) is 14.1 Å². The van der Waals surface area contributed by atoms with E-state index in [4.69, 9.17) is 4.74 Å². The molecule has 0 bridgehead atoms. The molecule has 4 aromatic carbocycles. The van der Waals surface area contributed by atoms with Gasteiger partial charge < -0.3 is 25.2 Å². The van der Waals surface area contributed by atoms with E-state index in [1.165, 1.54) is 37.2 Å². The minimum Gasteiger partial charge on any atom is -0.489 e. The van der Waals surface area contributed by atoms with Gasteiger partial charge in [-0.2, -0.15) is 10.2 Å². The first-order valence-electron chi connectivity index (χ1n) is 30.4. The molecule has 6 aliphatic heterocycles. The predicted octanol–water partition coefficient (Wildman–Crippen LogP) is 6.55. The molecule has 20 nitrogen and oxygen atoms in total. The molecular weight excluding hydrogens is 1170 g/mol. The van der Waals surface area contributed by atoms with E-state index in [0.29, 0.717) is 71.9 Å². The lowest BCUT2D eigenvalue weighted by molar-refractivity contribution is -0.137. The average Bonchev–Trinajstić information content (AvgIpc) is 2.00. The van der Waals surface area contributed by atoms with Crippen LogP contribution in [0.3, 0.4) is 0 Å². The monoisotopic (exact) mass is 1240 g/mol. The molecule has 6 aromatic rings. The Morgan fingerprint density at radius 1 is 0.609 bits per heavy atom. The number of imide groups is 2. The maximum Gasteiger partial charge on any atom is 0.282 e. The second-order valence-corrected chi connectivity index (χ2v) is 25.7. The minimum atomic E-state index is -0.648. The van der Waals surface area contributed by atoms with Crippen LogP contribution in [0.15, 0.2) is 111 Å². The number of anilines is 2. The minimum absolute atomic E-state index is 0.0322. The van der Waals surface area contributed by atoms with Crippen LogP contribution in [0.5, 0.6) is 5.75 Å². The highest BCUT2D eigenvalue weighted by Crippen LogP contribution is 2.38. The third-order valence-corrected chi connectivity index (χ3v) is 19.6. The van der Waals surface area contributed by atoms with Crippen LogP contribution >= 0.6 is 15.9 Å². The third-order valence-electron chi connectivity index (χ3n) is 18.8. The van der Waals surface area contributed by atoms with Gasteiger partial charge in [0.15, 0.2) is 0 Å². The predicted molar refractivity (Wildman–Crippen MR) is 332 cm³/mol. The number of nitrogens with zero attached hydrogens (tertiary/aromatic N) is 8. The van der Waals surface area contributed by atoms with E-state index < -0.39 is 11.9 Å². The highest BCUT2D eigenvalue weighted by Gasteiger charge is 2.40. The standard InChI is InChI=1S/C66H75BrN12O8/c1-39-56(29-68-75(3)64(39)84)70-51-27-48(31-74(2)36-51)45-9-10-46(32-77-23-21-42(22-24-77)44-13-16-55-50(26-44)35-79(65(55)85)58-18-20-60(81)73-63(58)83)47(25-45)33-78-34-49(28-52(37-78)71-57-30-69-76(4)66(86)61(57)67)41-7-5-40(6-8-41)38-87-53-14-11-43(12-15-53)54-17-19-59(80)72-62(54)82/h5-16,25-26,29-30,42,48-49,51-52,54,58,70-71H,17-24,27-28,31-38H2,1-4H3,(H,72,80,82)(H,73,81,83)/t48?,49-,51?,52+,54?,58?/m0/s1. The molecule has 4 unspecified atom stereocenters. The summed E-state index contributed by atoms with van der Waals surface area (Å²) in [5, 5.41) is 21.0. The van der Waals surface area contributed by atoms with E-state index in [1.54, 1.807) is 31.4 Å². The number of aromatic nitrogens is 4. The summed E-state index contributed by atoms with van der Waals surface area (Å²) in [6, 6.07) is 28.9. The molecule has 6 atom stereocenters. The first-order valence-corrected chi connectivity index (χ1v) is 31.2. The molecule has 0 aliphatic carbocycles. The van der Waals surface area contributed by atoms with Crippen LogP contribution in [-0.4, -0.2) is 133 Å². The number of fused-ring (bicyclic) bond motifs is 1. The summed E-state index contributed by atoms with van der Waals surface area (Å²) in [6.07, 6.45) is 8.45. The van der Waals surface area contributed by atoms with Gasteiger partial charge in [-0.25, -0.2) is 9.36 Å². The molecule has 0 saturated carbocycles. The Bertz CT molecular complexity index is 3750. The molecule has 2 aromatic heterocycles. The number of ether oxygens (including phenoxy) is 1. The van der Waals surface area contributed by atoms with Crippen molar-refractivity contribution in [2.45, 2.75) is 126 Å². The summed E-state index contributed by atoms with van der Waals surface area (Å²) < 4.78 is 9.37. The summed E-state index contributed by atoms with van der Waals surface area (Å²) in [5.74, 6) is -0.350. The van der Waals surface area contributed by atoms with Gasteiger partial charge in [-0.1, -0.05) is 66.7 Å². The number of aryl methyl sites for hydroxylation is 2. The Hall–Kier alpha value is -7.85. The van der Waals surface area contributed by atoms with Crippen molar-refractivity contribution in [2.75, 3.05) is 56.9 Å². The summed E-state index contributed by atoms with van der Waals surface area (Å²) in [5.41, 5.74) is 11.4. The van der Waals surface area contributed by atoms with E-state index in [9.17, 15) is 33.6 Å². The smallest absolute Gasteiger partial charge is 0.282 e. The molecule has 5 saturated heterocycles. The highest BCUT2D eigenvalue weighted by molar-refractivity contribution is 9.10. The van der Waals surface area contributed by atoms with Gasteiger partial charge in [-0.15, -0.1) is 0 Å². The number of likely N-dealkylation sites (N-methyl/N-ethyl adjacent to an activating group) is 1. The van der Waals surface area contributed by atoms with Crippen LogP contribution in [-0.2, 0) is 59.5 Å². The average molecular weight is 1240 g/mol. The van der Waals surface area contributed by atoms with Gasteiger partial charge in [0.25, 0.3) is 17.0 Å². The summed E-state index contributed by atoms with van der Waals surface area (Å²) in [4.78, 5) is 97.6. The SMILES string of the molecule is Cc1c(NC2CC(c3ccc(CN4CCC(c5ccc6c(c5)CN(C5CCC(=O)NC5=O)C6=O)CC4)c(CN4C[C@H](Nc5cnn(C)c(=O)c5Br)C[C@H](c5ccc(COc6ccc(C7CCC(=O)NC7=O)cc6)cc5)C4)c3)CN(C)C2)cnn(C)c1=O. The number of halogens is 1. The molecule has 0 radical (unpaired) electrons. The van der Waals surface area contributed by atoms with Gasteiger partial charge in [0.1, 0.15) is 22.9 Å². The third kappa shape index (κ3) is 13.2. The Morgan fingerprint density at radius 3 is 1.97 bits per heavy atom. The number of piperidine rings is 5. The van der Waals surface area contributed by atoms with E-state index in [2.05, 4.69) is 124 Å². The zero-order chi connectivity index (χ0) is 60.6. The molecule has 87 heavy (non-hydrogen) atoms. The van der Waals surface area contributed by atoms with Crippen molar-refractivity contribution in [1.29, 1.82) is 0 Å². The van der Waals surface area contributed by atoms with Gasteiger partial charge in [0, 0.05) is 96.0 Å². The Morgan fingerprint density at radius 2 is 1.23 bits per heavy atom. The summed E-state index contributed by atoms with van der Waals surface area (Å²) >= 11 is 3.59. The number of benzene rings is 4. The van der Waals surface area contributed by atoms with E-state index >= 15 is 0 Å². The largest absolute Gasteiger partial charge is 0.489 e. The van der Waals surface area contributed by atoms with Crippen LogP contribution in [0.1, 0.15) is 135 Å². The first-order chi connectivity index (χ1) is 42.0. The fourth-order valence-electron chi connectivity index (χ4n) is 14.0. The van der Waals surface area contributed by atoms with E-state index in [0.717, 1.165) is 93.9 Å². The lowest BCUT2D eigenvalue weighted by atomic mass is 9.85. The van der Waals surface area contributed by atoms with Crippen molar-refractivity contribution in [3.63, 3.8) is 0 Å². The zero-order valence-corrected chi connectivity index (χ0v) is 51.3. The van der Waals surface area contributed by atoms with Crippen LogP contribution in [0.25, 0.3) is 0 Å². The Balaban J connectivity index is 0.781. The molecule has 21 heteroatoms. The molecule has 6 aliphatic rings. The Kier molecular flexibility index (Phi) is 17.4. The van der Waals surface area contributed by atoms with Gasteiger partial charge in [-0.3, -0.25) is 54.0 Å². The summed E-state index contributed by atoms with van der Waals surface area (Å²) in [7, 11) is 5.48. The van der Waals surface area contributed by atoms with Crippen molar-refractivity contribution in [1.82, 2.24) is 49.8 Å². The van der Waals surface area contributed by atoms with Crippen LogP contribution in [0.2, 0.25) is 0 Å². The van der Waals surface area contributed by atoms with Crippen LogP contribution in [0, 0.1) is 6.92 Å². The molecule has 8 heterocycles. The van der Waals surface area contributed by atoms with Crippen LogP contribution in [0.4, 0.5) is 11.4 Å². The number of hydrogen-bond acceptors (Lipinski definition) is 15. The maximum absolute atomic E-state index is 13.5. The van der Waals surface area contributed by atoms with Crippen molar-refractivity contribution < 1.29 is 28.7 Å². The quantitative estimate of drug-likeness (QED) is 0.0754. The van der Waals surface area contributed by atoms with Gasteiger partial charge in [-0.05, 0) is 162 Å². The second kappa shape index (κ2) is 25.5. The number of carbonyl (C=O) groups excluding carboxylic acids is 5.